The molecule has 0 saturated carbocycles. The zero-order valence-corrected chi connectivity index (χ0v) is 16.7. The number of carbonyl (C=O) groups excluding carboxylic acids is 2. The lowest BCUT2D eigenvalue weighted by molar-refractivity contribution is -0.116. The van der Waals surface area contributed by atoms with E-state index in [1.807, 2.05) is 0 Å². The number of fused-ring (bicyclic) bond motifs is 1. The largest absolute Gasteiger partial charge is 0.497 e. The van der Waals surface area contributed by atoms with Crippen LogP contribution in [0, 0.1) is 6.92 Å². The van der Waals surface area contributed by atoms with Crippen LogP contribution in [0.25, 0.3) is 10.9 Å². The predicted molar refractivity (Wildman–Crippen MR) is 110 cm³/mol. The number of anilines is 1. The van der Waals surface area contributed by atoms with Crippen molar-refractivity contribution in [2.75, 3.05) is 25.2 Å². The molecule has 0 atom stereocenters. The Morgan fingerprint density at radius 1 is 1.18 bits per heavy atom. The van der Waals surface area contributed by atoms with Crippen molar-refractivity contribution in [1.29, 1.82) is 0 Å². The number of rotatable bonds is 5. The second-order valence-corrected chi connectivity index (χ2v) is 6.80. The Hall–Kier alpha value is -2.83. The van der Waals surface area contributed by atoms with Crippen LogP contribution in [0.15, 0.2) is 42.5 Å². The van der Waals surface area contributed by atoms with Crippen molar-refractivity contribution in [3.05, 3.63) is 58.7 Å². The molecule has 3 rings (SSSR count). The van der Waals surface area contributed by atoms with Gasteiger partial charge in [0, 0.05) is 35.1 Å². The molecule has 1 amide bonds. The summed E-state index contributed by atoms with van der Waals surface area (Å²) in [4.78, 5) is 27.0. The molecular weight excluding hydrogens is 380 g/mol. The Labute approximate surface area is 167 Å². The van der Waals surface area contributed by atoms with Gasteiger partial charge in [-0.1, -0.05) is 11.6 Å². The molecule has 146 valence electrons. The Morgan fingerprint density at radius 3 is 2.43 bits per heavy atom. The fraction of sp³-hybridized carbons (Fsp3) is 0.238. The topological polar surface area (TPSA) is 71.8 Å². The molecule has 2 aromatic carbocycles. The van der Waals surface area contributed by atoms with E-state index in [0.29, 0.717) is 38.6 Å². The van der Waals surface area contributed by atoms with Crippen LogP contribution in [0.1, 0.15) is 23.0 Å². The van der Waals surface area contributed by atoms with Gasteiger partial charge in [-0.2, -0.15) is 0 Å². The zero-order valence-electron chi connectivity index (χ0n) is 15.9. The third kappa shape index (κ3) is 3.48. The molecular formula is C21H21ClN2O4. The summed E-state index contributed by atoms with van der Waals surface area (Å²) in [6.07, 6.45) is 0. The number of aliphatic hydroxyl groups is 1. The molecule has 0 spiro atoms. The van der Waals surface area contributed by atoms with Crippen LogP contribution in [0.4, 0.5) is 5.69 Å². The number of halogens is 1. The van der Waals surface area contributed by atoms with Gasteiger partial charge in [-0.3, -0.25) is 14.2 Å². The van der Waals surface area contributed by atoms with E-state index >= 15 is 0 Å². The Balaban J connectivity index is 2.28. The maximum absolute atomic E-state index is 13.2. The Bertz CT molecular complexity index is 1040. The first kappa shape index (κ1) is 19.9. The van der Waals surface area contributed by atoms with Crippen LogP contribution in [0.3, 0.4) is 0 Å². The SMILES string of the molecule is COc1ccc2c(c1)c(N(CCO)C(C)=O)c(C)n2C(=O)c1ccc(Cl)cc1. The van der Waals surface area contributed by atoms with Gasteiger partial charge in [-0.05, 0) is 49.4 Å². The van der Waals surface area contributed by atoms with E-state index in [1.165, 1.54) is 11.8 Å². The predicted octanol–water partition coefficient (Wildman–Crippen LogP) is 3.65. The third-order valence-corrected chi connectivity index (χ3v) is 4.90. The van der Waals surface area contributed by atoms with Crippen LogP contribution in [0.5, 0.6) is 5.75 Å². The number of carbonyl (C=O) groups is 2. The van der Waals surface area contributed by atoms with Crippen LogP contribution in [-0.4, -0.2) is 41.7 Å². The van der Waals surface area contributed by atoms with E-state index in [4.69, 9.17) is 16.3 Å². The standard InChI is InChI=1S/C21H21ClN2O4/c1-13-20(23(10-11-25)14(2)26)18-12-17(28-3)8-9-19(18)24(13)21(27)15-4-6-16(22)7-5-15/h4-9,12,25H,10-11H2,1-3H3. The highest BCUT2D eigenvalue weighted by Gasteiger charge is 2.25. The first-order valence-electron chi connectivity index (χ1n) is 8.77. The number of hydrogen-bond donors (Lipinski definition) is 1. The lowest BCUT2D eigenvalue weighted by atomic mass is 10.2. The van der Waals surface area contributed by atoms with Gasteiger partial charge in [0.05, 0.1) is 24.9 Å². The normalized spacial score (nSPS) is 10.9. The van der Waals surface area contributed by atoms with Crippen molar-refractivity contribution < 1.29 is 19.4 Å². The monoisotopic (exact) mass is 400 g/mol. The zero-order chi connectivity index (χ0) is 20.4. The van der Waals surface area contributed by atoms with E-state index in [9.17, 15) is 14.7 Å². The molecule has 7 heteroatoms. The number of amides is 1. The average molecular weight is 401 g/mol. The van der Waals surface area contributed by atoms with Gasteiger partial charge < -0.3 is 14.7 Å². The molecule has 6 nitrogen and oxygen atoms in total. The smallest absolute Gasteiger partial charge is 0.262 e. The molecule has 0 bridgehead atoms. The van der Waals surface area contributed by atoms with Gasteiger partial charge in [0.2, 0.25) is 5.91 Å². The minimum Gasteiger partial charge on any atom is -0.497 e. The summed E-state index contributed by atoms with van der Waals surface area (Å²) >= 11 is 5.94. The van der Waals surface area contributed by atoms with Crippen molar-refractivity contribution in [3.8, 4) is 5.75 Å². The summed E-state index contributed by atoms with van der Waals surface area (Å²) in [5, 5.41) is 10.7. The van der Waals surface area contributed by atoms with Crippen LogP contribution < -0.4 is 9.64 Å². The minimum atomic E-state index is -0.233. The van der Waals surface area contributed by atoms with Crippen molar-refractivity contribution in [2.45, 2.75) is 13.8 Å². The fourth-order valence-electron chi connectivity index (χ4n) is 3.36. The lowest BCUT2D eigenvalue weighted by Crippen LogP contribution is -2.32. The number of aromatic nitrogens is 1. The highest BCUT2D eigenvalue weighted by molar-refractivity contribution is 6.30. The Kier molecular flexibility index (Phi) is 5.72. The molecule has 3 aromatic rings. The van der Waals surface area contributed by atoms with E-state index in [2.05, 4.69) is 0 Å². The molecule has 0 radical (unpaired) electrons. The van der Waals surface area contributed by atoms with Gasteiger partial charge in [-0.25, -0.2) is 0 Å². The summed E-state index contributed by atoms with van der Waals surface area (Å²) in [5.74, 6) is 0.151. The molecule has 0 saturated heterocycles. The van der Waals surface area contributed by atoms with Gasteiger partial charge in [0.1, 0.15) is 5.75 Å². The second-order valence-electron chi connectivity index (χ2n) is 6.36. The fourth-order valence-corrected chi connectivity index (χ4v) is 3.48. The second kappa shape index (κ2) is 8.04. The molecule has 1 N–H and O–H groups in total. The van der Waals surface area contributed by atoms with E-state index in [0.717, 1.165) is 0 Å². The number of hydrogen-bond acceptors (Lipinski definition) is 4. The van der Waals surface area contributed by atoms with Gasteiger partial charge in [0.25, 0.3) is 5.91 Å². The summed E-state index contributed by atoms with van der Waals surface area (Å²) < 4.78 is 6.89. The third-order valence-electron chi connectivity index (χ3n) is 4.65. The van der Waals surface area contributed by atoms with Gasteiger partial charge >= 0.3 is 0 Å². The van der Waals surface area contributed by atoms with Gasteiger partial charge in [0.15, 0.2) is 0 Å². The summed E-state index contributed by atoms with van der Waals surface area (Å²) in [6.45, 7) is 3.14. The van der Waals surface area contributed by atoms with E-state index in [1.54, 1.807) is 61.1 Å². The summed E-state index contributed by atoms with van der Waals surface area (Å²) in [7, 11) is 1.56. The highest BCUT2D eigenvalue weighted by Crippen LogP contribution is 2.36. The molecule has 0 aliphatic rings. The van der Waals surface area contributed by atoms with Crippen molar-refractivity contribution in [3.63, 3.8) is 0 Å². The van der Waals surface area contributed by atoms with Crippen molar-refractivity contribution in [2.24, 2.45) is 0 Å². The molecule has 28 heavy (non-hydrogen) atoms. The maximum atomic E-state index is 13.2. The number of aliphatic hydroxyl groups excluding tert-OH is 1. The van der Waals surface area contributed by atoms with E-state index < -0.39 is 0 Å². The van der Waals surface area contributed by atoms with Crippen LogP contribution in [-0.2, 0) is 4.79 Å². The Morgan fingerprint density at radius 2 is 1.86 bits per heavy atom. The van der Waals surface area contributed by atoms with Gasteiger partial charge in [-0.15, -0.1) is 0 Å². The molecule has 1 aromatic heterocycles. The summed E-state index contributed by atoms with van der Waals surface area (Å²) in [6, 6.07) is 12.0. The molecule has 0 fully saturated rings. The molecule has 0 aliphatic carbocycles. The number of nitrogens with zero attached hydrogens (tertiary/aromatic N) is 2. The first-order valence-corrected chi connectivity index (χ1v) is 9.15. The minimum absolute atomic E-state index is 0.127. The lowest BCUT2D eigenvalue weighted by Gasteiger charge is -2.21. The molecule has 1 heterocycles. The van der Waals surface area contributed by atoms with Crippen LogP contribution in [0.2, 0.25) is 5.02 Å². The first-order chi connectivity index (χ1) is 13.4. The summed E-state index contributed by atoms with van der Waals surface area (Å²) in [5.41, 5.74) is 2.31. The highest BCUT2D eigenvalue weighted by atomic mass is 35.5. The molecule has 0 aliphatic heterocycles. The van der Waals surface area contributed by atoms with Crippen molar-refractivity contribution >= 4 is 40.0 Å². The maximum Gasteiger partial charge on any atom is 0.262 e. The quantitative estimate of drug-likeness (QED) is 0.709. The van der Waals surface area contributed by atoms with E-state index in [-0.39, 0.29) is 25.0 Å². The van der Waals surface area contributed by atoms with Crippen LogP contribution >= 0.6 is 11.6 Å². The number of ether oxygens (including phenoxy) is 1. The number of benzene rings is 2. The average Bonchev–Trinajstić information content (AvgIpc) is 2.96. The van der Waals surface area contributed by atoms with Crippen molar-refractivity contribution in [1.82, 2.24) is 4.57 Å². The number of methoxy groups -OCH3 is 1. The molecule has 0 unspecified atom stereocenters.